The molecule has 0 radical (unpaired) electrons. The van der Waals surface area contributed by atoms with Gasteiger partial charge in [0.2, 0.25) is 0 Å². The van der Waals surface area contributed by atoms with Crippen LogP contribution in [-0.2, 0) is 0 Å². The molecule has 0 aromatic heterocycles. The predicted molar refractivity (Wildman–Crippen MR) is 53.8 cm³/mol. The van der Waals surface area contributed by atoms with Gasteiger partial charge in [-0.1, -0.05) is 0 Å². The lowest BCUT2D eigenvalue weighted by Gasteiger charge is -2.04. The zero-order valence-corrected chi connectivity index (χ0v) is 7.77. The molecule has 1 aromatic rings. The van der Waals surface area contributed by atoms with E-state index in [1.54, 1.807) is 0 Å². The van der Waals surface area contributed by atoms with E-state index in [1.165, 1.54) is 6.07 Å². The summed E-state index contributed by atoms with van der Waals surface area (Å²) in [7, 11) is 0. The Labute approximate surface area is 84.5 Å². The lowest BCUT2D eigenvalue weighted by Crippen LogP contribution is -2.19. The summed E-state index contributed by atoms with van der Waals surface area (Å²) >= 11 is 4.54. The average Bonchev–Trinajstić information content (AvgIpc) is 2.07. The van der Waals surface area contributed by atoms with Crippen LogP contribution in [0.4, 0.5) is 10.1 Å². The van der Waals surface area contributed by atoms with Gasteiger partial charge in [0.1, 0.15) is 5.82 Å². The Morgan fingerprint density at radius 2 is 2.21 bits per heavy atom. The van der Waals surface area contributed by atoms with Crippen molar-refractivity contribution in [2.45, 2.75) is 0 Å². The molecular formula is C8H7FN2O2S. The molecule has 0 heterocycles. The minimum absolute atomic E-state index is 0.00653. The van der Waals surface area contributed by atoms with Crippen molar-refractivity contribution in [2.24, 2.45) is 5.73 Å². The van der Waals surface area contributed by atoms with Crippen LogP contribution < -0.4 is 11.1 Å². The molecule has 74 valence electrons. The van der Waals surface area contributed by atoms with E-state index in [2.05, 4.69) is 17.5 Å². The summed E-state index contributed by atoms with van der Waals surface area (Å²) in [5, 5.41) is 11.1. The Morgan fingerprint density at radius 1 is 1.57 bits per heavy atom. The minimum Gasteiger partial charge on any atom is -0.478 e. The third-order valence-corrected chi connectivity index (χ3v) is 1.57. The lowest BCUT2D eigenvalue weighted by atomic mass is 10.2. The first-order valence-electron chi connectivity index (χ1n) is 3.60. The van der Waals surface area contributed by atoms with Crippen LogP contribution in [0, 0.1) is 5.82 Å². The van der Waals surface area contributed by atoms with Gasteiger partial charge in [0, 0.05) is 5.69 Å². The third kappa shape index (κ3) is 2.40. The van der Waals surface area contributed by atoms with Gasteiger partial charge in [-0.3, -0.25) is 0 Å². The highest BCUT2D eigenvalue weighted by molar-refractivity contribution is 7.80. The molecule has 0 aliphatic rings. The number of halogens is 1. The quantitative estimate of drug-likeness (QED) is 0.644. The Kier molecular flexibility index (Phi) is 2.98. The van der Waals surface area contributed by atoms with E-state index in [-0.39, 0.29) is 5.11 Å². The number of carboxylic acids is 1. The number of hydrogen-bond acceptors (Lipinski definition) is 2. The van der Waals surface area contributed by atoms with Gasteiger partial charge >= 0.3 is 5.97 Å². The van der Waals surface area contributed by atoms with E-state index in [1.807, 2.05) is 0 Å². The fraction of sp³-hybridized carbons (Fsp3) is 0. The van der Waals surface area contributed by atoms with Crippen LogP contribution in [0.15, 0.2) is 18.2 Å². The molecule has 6 heteroatoms. The van der Waals surface area contributed by atoms with E-state index in [9.17, 15) is 9.18 Å². The summed E-state index contributed by atoms with van der Waals surface area (Å²) < 4.78 is 12.9. The van der Waals surface area contributed by atoms with Crippen molar-refractivity contribution >= 4 is 29.0 Å². The predicted octanol–water partition coefficient (Wildman–Crippen LogP) is 1.18. The SMILES string of the molecule is NC(=S)Nc1ccc(F)c(C(=O)O)c1. The van der Waals surface area contributed by atoms with Crippen LogP contribution in [0.25, 0.3) is 0 Å². The van der Waals surface area contributed by atoms with Crippen molar-refractivity contribution in [3.05, 3.63) is 29.6 Å². The zero-order chi connectivity index (χ0) is 10.7. The van der Waals surface area contributed by atoms with Crippen molar-refractivity contribution in [3.8, 4) is 0 Å². The van der Waals surface area contributed by atoms with Crippen LogP contribution in [0.1, 0.15) is 10.4 Å². The van der Waals surface area contributed by atoms with E-state index >= 15 is 0 Å². The molecule has 0 aliphatic carbocycles. The topological polar surface area (TPSA) is 75.3 Å². The summed E-state index contributed by atoms with van der Waals surface area (Å²) in [5.41, 5.74) is 5.09. The number of carboxylic acid groups (broad SMARTS) is 1. The molecule has 1 rings (SSSR count). The zero-order valence-electron chi connectivity index (χ0n) is 6.95. The summed E-state index contributed by atoms with van der Waals surface area (Å²) in [6.07, 6.45) is 0. The number of benzene rings is 1. The second-order valence-corrected chi connectivity index (χ2v) is 2.93. The summed E-state index contributed by atoms with van der Waals surface area (Å²) in [5.74, 6) is -2.14. The Bertz CT molecular complexity index is 395. The molecule has 0 aliphatic heterocycles. The largest absolute Gasteiger partial charge is 0.478 e. The fourth-order valence-corrected chi connectivity index (χ4v) is 1.03. The van der Waals surface area contributed by atoms with Crippen molar-refractivity contribution in [1.82, 2.24) is 0 Å². The van der Waals surface area contributed by atoms with Gasteiger partial charge < -0.3 is 16.2 Å². The second-order valence-electron chi connectivity index (χ2n) is 2.49. The number of carbonyl (C=O) groups is 1. The summed E-state index contributed by atoms with van der Waals surface area (Å²) in [6, 6.07) is 3.50. The molecule has 4 N–H and O–H groups in total. The molecule has 1 aromatic carbocycles. The third-order valence-electron chi connectivity index (χ3n) is 1.46. The maximum absolute atomic E-state index is 12.9. The molecule has 0 bridgehead atoms. The Hall–Kier alpha value is -1.69. The van der Waals surface area contributed by atoms with Crippen molar-refractivity contribution in [3.63, 3.8) is 0 Å². The smallest absolute Gasteiger partial charge is 0.338 e. The highest BCUT2D eigenvalue weighted by Crippen LogP contribution is 2.14. The maximum atomic E-state index is 12.9. The molecule has 0 saturated carbocycles. The number of aromatic carboxylic acids is 1. The van der Waals surface area contributed by atoms with Crippen LogP contribution in [0.5, 0.6) is 0 Å². The van der Waals surface area contributed by atoms with Crippen molar-refractivity contribution in [1.29, 1.82) is 0 Å². The molecular weight excluding hydrogens is 207 g/mol. The lowest BCUT2D eigenvalue weighted by molar-refractivity contribution is 0.0692. The average molecular weight is 214 g/mol. The first kappa shape index (κ1) is 10.4. The molecule has 0 saturated heterocycles. The summed E-state index contributed by atoms with van der Waals surface area (Å²) in [6.45, 7) is 0. The van der Waals surface area contributed by atoms with Crippen LogP contribution in [-0.4, -0.2) is 16.2 Å². The Morgan fingerprint density at radius 3 is 2.71 bits per heavy atom. The molecule has 0 unspecified atom stereocenters. The molecule has 0 fully saturated rings. The summed E-state index contributed by atoms with van der Waals surface area (Å²) in [4.78, 5) is 10.5. The van der Waals surface area contributed by atoms with Crippen LogP contribution in [0.2, 0.25) is 0 Å². The van der Waals surface area contributed by atoms with Gasteiger partial charge in [-0.25, -0.2) is 9.18 Å². The first-order valence-corrected chi connectivity index (χ1v) is 4.01. The monoisotopic (exact) mass is 214 g/mol. The molecule has 4 nitrogen and oxygen atoms in total. The Balaban J connectivity index is 3.06. The van der Waals surface area contributed by atoms with Gasteiger partial charge in [0.15, 0.2) is 5.11 Å². The van der Waals surface area contributed by atoms with Crippen LogP contribution in [0.3, 0.4) is 0 Å². The normalized spacial score (nSPS) is 9.50. The van der Waals surface area contributed by atoms with Gasteiger partial charge in [-0.2, -0.15) is 0 Å². The van der Waals surface area contributed by atoms with Gasteiger partial charge in [0.05, 0.1) is 5.56 Å². The number of thiocarbonyl (C=S) groups is 1. The van der Waals surface area contributed by atoms with Gasteiger partial charge in [0.25, 0.3) is 0 Å². The van der Waals surface area contributed by atoms with Crippen molar-refractivity contribution < 1.29 is 14.3 Å². The molecule has 0 atom stereocenters. The number of nitrogens with two attached hydrogens (primary N) is 1. The van der Waals surface area contributed by atoms with E-state index < -0.39 is 17.3 Å². The second kappa shape index (κ2) is 4.01. The van der Waals surface area contributed by atoms with Gasteiger partial charge in [-0.15, -0.1) is 0 Å². The number of anilines is 1. The highest BCUT2D eigenvalue weighted by atomic mass is 32.1. The number of rotatable bonds is 2. The highest BCUT2D eigenvalue weighted by Gasteiger charge is 2.10. The van der Waals surface area contributed by atoms with Gasteiger partial charge in [-0.05, 0) is 30.4 Å². The molecule has 0 amide bonds. The molecule has 14 heavy (non-hydrogen) atoms. The standard InChI is InChI=1S/C8H7FN2O2S/c9-6-2-1-4(11-8(10)14)3-5(6)7(12)13/h1-3H,(H,12,13)(H3,10,11,14). The number of hydrogen-bond donors (Lipinski definition) is 3. The maximum Gasteiger partial charge on any atom is 0.338 e. The minimum atomic E-state index is -1.34. The van der Waals surface area contributed by atoms with E-state index in [0.29, 0.717) is 5.69 Å². The molecule has 0 spiro atoms. The van der Waals surface area contributed by atoms with Crippen LogP contribution >= 0.6 is 12.2 Å². The number of nitrogens with one attached hydrogen (secondary N) is 1. The van der Waals surface area contributed by atoms with Crippen molar-refractivity contribution in [2.75, 3.05) is 5.32 Å². The van der Waals surface area contributed by atoms with E-state index in [4.69, 9.17) is 10.8 Å². The first-order chi connectivity index (χ1) is 6.50. The van der Waals surface area contributed by atoms with E-state index in [0.717, 1.165) is 12.1 Å². The fourth-order valence-electron chi connectivity index (χ4n) is 0.909.